The molecule has 0 bridgehead atoms. The van der Waals surface area contributed by atoms with Gasteiger partial charge < -0.3 is 10.6 Å². The van der Waals surface area contributed by atoms with Crippen molar-refractivity contribution in [1.29, 1.82) is 0 Å². The quantitative estimate of drug-likeness (QED) is 0.897. The van der Waals surface area contributed by atoms with Gasteiger partial charge in [-0.1, -0.05) is 29.8 Å². The molecule has 2 rings (SSSR count). The van der Waals surface area contributed by atoms with E-state index in [2.05, 4.69) is 10.6 Å². The standard InChI is InChI=1S/C15H14ClFN2O/c1-10(15(20)19-12-5-3-2-4-6-12)18-14-8-7-11(17)9-13(14)16/h2-10,18H,1H3,(H,19,20). The highest BCUT2D eigenvalue weighted by molar-refractivity contribution is 6.33. The molecule has 2 aromatic rings. The lowest BCUT2D eigenvalue weighted by Gasteiger charge is -2.16. The SMILES string of the molecule is CC(Nc1ccc(F)cc1Cl)C(=O)Nc1ccccc1. The van der Waals surface area contributed by atoms with Gasteiger partial charge in [0.1, 0.15) is 11.9 Å². The zero-order valence-corrected chi connectivity index (χ0v) is 11.6. The molecule has 0 aliphatic heterocycles. The number of hydrogen-bond donors (Lipinski definition) is 2. The Morgan fingerprint density at radius 3 is 2.55 bits per heavy atom. The fraction of sp³-hybridized carbons (Fsp3) is 0.133. The van der Waals surface area contributed by atoms with Crippen LogP contribution in [0.2, 0.25) is 5.02 Å². The Balaban J connectivity index is 2.00. The van der Waals surface area contributed by atoms with E-state index in [0.29, 0.717) is 5.69 Å². The highest BCUT2D eigenvalue weighted by Crippen LogP contribution is 2.23. The van der Waals surface area contributed by atoms with Crippen molar-refractivity contribution in [2.24, 2.45) is 0 Å². The molecule has 20 heavy (non-hydrogen) atoms. The molecule has 0 fully saturated rings. The number of halogens is 2. The van der Waals surface area contributed by atoms with Crippen LogP contribution in [0.3, 0.4) is 0 Å². The lowest BCUT2D eigenvalue weighted by atomic mass is 10.2. The first-order chi connectivity index (χ1) is 9.56. The number of hydrogen-bond acceptors (Lipinski definition) is 2. The molecular formula is C15H14ClFN2O. The van der Waals surface area contributed by atoms with Crippen LogP contribution in [0.5, 0.6) is 0 Å². The van der Waals surface area contributed by atoms with Crippen molar-refractivity contribution in [3.63, 3.8) is 0 Å². The van der Waals surface area contributed by atoms with E-state index < -0.39 is 11.9 Å². The van der Waals surface area contributed by atoms with Gasteiger partial charge in [-0.25, -0.2) is 4.39 Å². The normalized spacial score (nSPS) is 11.8. The Hall–Kier alpha value is -2.07. The summed E-state index contributed by atoms with van der Waals surface area (Å²) in [6, 6.07) is 12.6. The summed E-state index contributed by atoms with van der Waals surface area (Å²) in [4.78, 5) is 12.0. The van der Waals surface area contributed by atoms with Crippen LogP contribution in [0.15, 0.2) is 48.5 Å². The number of anilines is 2. The van der Waals surface area contributed by atoms with Gasteiger partial charge >= 0.3 is 0 Å². The maximum Gasteiger partial charge on any atom is 0.246 e. The summed E-state index contributed by atoms with van der Waals surface area (Å²) in [5.41, 5.74) is 1.24. The number of nitrogens with one attached hydrogen (secondary N) is 2. The van der Waals surface area contributed by atoms with Crippen molar-refractivity contribution < 1.29 is 9.18 Å². The Morgan fingerprint density at radius 1 is 1.20 bits per heavy atom. The molecule has 2 N–H and O–H groups in total. The molecule has 1 amide bonds. The van der Waals surface area contributed by atoms with Gasteiger partial charge in [0, 0.05) is 5.69 Å². The van der Waals surface area contributed by atoms with E-state index in [1.807, 2.05) is 18.2 Å². The van der Waals surface area contributed by atoms with Gasteiger partial charge in [-0.3, -0.25) is 4.79 Å². The van der Waals surface area contributed by atoms with Crippen molar-refractivity contribution in [2.45, 2.75) is 13.0 Å². The van der Waals surface area contributed by atoms with Crippen molar-refractivity contribution in [3.8, 4) is 0 Å². The molecular weight excluding hydrogens is 279 g/mol. The Morgan fingerprint density at radius 2 is 1.90 bits per heavy atom. The number of benzene rings is 2. The second-order valence-electron chi connectivity index (χ2n) is 4.35. The van der Waals surface area contributed by atoms with E-state index in [0.717, 1.165) is 5.69 Å². The molecule has 0 radical (unpaired) electrons. The summed E-state index contributed by atoms with van der Waals surface area (Å²) in [7, 11) is 0. The van der Waals surface area contributed by atoms with Crippen molar-refractivity contribution in [1.82, 2.24) is 0 Å². The predicted octanol–water partition coefficient (Wildman–Crippen LogP) is 3.92. The fourth-order valence-corrected chi connectivity index (χ4v) is 1.90. The number of para-hydroxylation sites is 1. The molecule has 0 aliphatic carbocycles. The molecule has 0 heterocycles. The van der Waals surface area contributed by atoms with Gasteiger partial charge in [0.2, 0.25) is 5.91 Å². The van der Waals surface area contributed by atoms with Crippen LogP contribution in [-0.4, -0.2) is 11.9 Å². The largest absolute Gasteiger partial charge is 0.373 e. The molecule has 5 heteroatoms. The molecule has 1 unspecified atom stereocenters. The third kappa shape index (κ3) is 3.71. The minimum absolute atomic E-state index is 0.198. The van der Waals surface area contributed by atoms with Gasteiger partial charge in [0.05, 0.1) is 10.7 Å². The van der Waals surface area contributed by atoms with E-state index in [1.165, 1.54) is 18.2 Å². The zero-order valence-electron chi connectivity index (χ0n) is 10.9. The minimum atomic E-state index is -0.502. The third-order valence-electron chi connectivity index (χ3n) is 2.74. The molecule has 0 aliphatic rings. The summed E-state index contributed by atoms with van der Waals surface area (Å²) < 4.78 is 12.9. The highest BCUT2D eigenvalue weighted by Gasteiger charge is 2.14. The maximum absolute atomic E-state index is 12.9. The Bertz CT molecular complexity index is 604. The van der Waals surface area contributed by atoms with Gasteiger partial charge in [0.15, 0.2) is 0 Å². The van der Waals surface area contributed by atoms with Crippen LogP contribution in [0.25, 0.3) is 0 Å². The van der Waals surface area contributed by atoms with Gasteiger partial charge in [-0.05, 0) is 37.3 Å². The molecule has 0 aromatic heterocycles. The fourth-order valence-electron chi connectivity index (χ4n) is 1.68. The average Bonchev–Trinajstić information content (AvgIpc) is 2.43. The Kier molecular flexibility index (Phi) is 4.58. The molecule has 104 valence electrons. The van der Waals surface area contributed by atoms with E-state index in [-0.39, 0.29) is 10.9 Å². The van der Waals surface area contributed by atoms with Gasteiger partial charge in [0.25, 0.3) is 0 Å². The number of amides is 1. The van der Waals surface area contributed by atoms with Crippen molar-refractivity contribution in [2.75, 3.05) is 10.6 Å². The van der Waals surface area contributed by atoms with E-state index in [4.69, 9.17) is 11.6 Å². The molecule has 0 spiro atoms. The summed E-state index contributed by atoms with van der Waals surface area (Å²) in [6.07, 6.45) is 0. The predicted molar refractivity (Wildman–Crippen MR) is 79.6 cm³/mol. The first-order valence-corrected chi connectivity index (χ1v) is 6.51. The van der Waals surface area contributed by atoms with E-state index in [9.17, 15) is 9.18 Å². The lowest BCUT2D eigenvalue weighted by molar-refractivity contribution is -0.116. The number of carbonyl (C=O) groups excluding carboxylic acids is 1. The van der Waals surface area contributed by atoms with E-state index in [1.54, 1.807) is 19.1 Å². The first kappa shape index (κ1) is 14.3. The topological polar surface area (TPSA) is 41.1 Å². The summed E-state index contributed by atoms with van der Waals surface area (Å²) in [5, 5.41) is 5.96. The zero-order chi connectivity index (χ0) is 14.5. The first-order valence-electron chi connectivity index (χ1n) is 6.14. The van der Waals surface area contributed by atoms with Gasteiger partial charge in [-0.15, -0.1) is 0 Å². The Labute approximate surface area is 121 Å². The monoisotopic (exact) mass is 292 g/mol. The molecule has 0 saturated heterocycles. The molecule has 2 aromatic carbocycles. The number of carbonyl (C=O) groups is 1. The average molecular weight is 293 g/mol. The summed E-state index contributed by atoms with van der Waals surface area (Å²) >= 11 is 5.90. The number of rotatable bonds is 4. The van der Waals surface area contributed by atoms with Crippen LogP contribution in [0.4, 0.5) is 15.8 Å². The third-order valence-corrected chi connectivity index (χ3v) is 3.05. The maximum atomic E-state index is 12.9. The van der Waals surface area contributed by atoms with Crippen LogP contribution in [0, 0.1) is 5.82 Å². The minimum Gasteiger partial charge on any atom is -0.373 e. The molecule has 3 nitrogen and oxygen atoms in total. The van der Waals surface area contributed by atoms with Crippen LogP contribution in [0.1, 0.15) is 6.92 Å². The smallest absolute Gasteiger partial charge is 0.246 e. The van der Waals surface area contributed by atoms with Crippen LogP contribution >= 0.6 is 11.6 Å². The second kappa shape index (κ2) is 6.39. The lowest BCUT2D eigenvalue weighted by Crippen LogP contribution is -2.31. The molecule has 1 atom stereocenters. The molecule has 0 saturated carbocycles. The van der Waals surface area contributed by atoms with Crippen LogP contribution in [-0.2, 0) is 4.79 Å². The highest BCUT2D eigenvalue weighted by atomic mass is 35.5. The summed E-state index contributed by atoms with van der Waals surface area (Å²) in [6.45, 7) is 1.71. The van der Waals surface area contributed by atoms with Gasteiger partial charge in [-0.2, -0.15) is 0 Å². The second-order valence-corrected chi connectivity index (χ2v) is 4.75. The van der Waals surface area contributed by atoms with Crippen LogP contribution < -0.4 is 10.6 Å². The van der Waals surface area contributed by atoms with E-state index >= 15 is 0 Å². The van der Waals surface area contributed by atoms with Crippen molar-refractivity contribution in [3.05, 3.63) is 59.4 Å². The summed E-state index contributed by atoms with van der Waals surface area (Å²) in [5.74, 6) is -0.612. The van der Waals surface area contributed by atoms with Crippen molar-refractivity contribution >= 4 is 28.9 Å².